The second-order valence-corrected chi connectivity index (χ2v) is 10.5. The molecule has 1 fully saturated rings. The molecule has 1 aromatic carbocycles. The minimum Gasteiger partial charge on any atom is -0.489 e. The number of hydrogen-bond donors (Lipinski definition) is 2. The van der Waals surface area contributed by atoms with E-state index < -0.39 is 5.97 Å². The van der Waals surface area contributed by atoms with E-state index in [1.54, 1.807) is 0 Å². The normalized spacial score (nSPS) is 18.1. The van der Waals surface area contributed by atoms with Gasteiger partial charge in [-0.2, -0.15) is 5.10 Å². The third-order valence-corrected chi connectivity index (χ3v) is 7.05. The molecule has 0 spiro atoms. The molecule has 1 saturated carbocycles. The number of aliphatic carboxylic acids is 1. The van der Waals surface area contributed by atoms with Crippen molar-refractivity contribution < 1.29 is 14.6 Å². The number of carboxylic acids is 1. The summed E-state index contributed by atoms with van der Waals surface area (Å²) in [5.41, 5.74) is 3.81. The highest BCUT2D eigenvalue weighted by Gasteiger charge is 2.27. The molecular weight excluding hydrogens is 478 g/mol. The fourth-order valence-corrected chi connectivity index (χ4v) is 5.28. The summed E-state index contributed by atoms with van der Waals surface area (Å²) in [6.45, 7) is 6.64. The number of rotatable bonds is 10. The molecule has 2 N–H and O–H groups in total. The van der Waals surface area contributed by atoms with Gasteiger partial charge in [-0.3, -0.25) is 9.48 Å². The zero-order chi connectivity index (χ0) is 25.8. The molecule has 0 aliphatic heterocycles. The second-order valence-electron chi connectivity index (χ2n) is 10.0. The number of nitrogens with zero attached hydrogens (tertiary/aromatic N) is 4. The summed E-state index contributed by atoms with van der Waals surface area (Å²) < 4.78 is 7.62. The number of ether oxygens (including phenoxy) is 1. The lowest BCUT2D eigenvalue weighted by atomic mass is 9.80. The van der Waals surface area contributed by atoms with Gasteiger partial charge in [0.15, 0.2) is 5.82 Å². The molecule has 1 aliphatic carbocycles. The van der Waals surface area contributed by atoms with E-state index >= 15 is 0 Å². The first-order valence-corrected chi connectivity index (χ1v) is 13.3. The van der Waals surface area contributed by atoms with E-state index in [0.717, 1.165) is 72.5 Å². The summed E-state index contributed by atoms with van der Waals surface area (Å²) in [4.78, 5) is 21.1. The van der Waals surface area contributed by atoms with Gasteiger partial charge in [0.05, 0.1) is 16.8 Å². The van der Waals surface area contributed by atoms with Crippen molar-refractivity contribution in [2.24, 2.45) is 13.0 Å². The van der Waals surface area contributed by atoms with E-state index in [1.165, 1.54) is 0 Å². The van der Waals surface area contributed by atoms with E-state index in [4.69, 9.17) is 36.5 Å². The van der Waals surface area contributed by atoms with Gasteiger partial charge in [0, 0.05) is 25.9 Å². The van der Waals surface area contributed by atoms with Crippen LogP contribution >= 0.6 is 11.6 Å². The van der Waals surface area contributed by atoms with E-state index in [2.05, 4.69) is 12.2 Å². The van der Waals surface area contributed by atoms with Crippen molar-refractivity contribution in [1.29, 1.82) is 0 Å². The lowest BCUT2D eigenvalue weighted by Gasteiger charge is -2.27. The van der Waals surface area contributed by atoms with Gasteiger partial charge in [0.2, 0.25) is 0 Å². The first kappa shape index (κ1) is 26.2. The van der Waals surface area contributed by atoms with Gasteiger partial charge in [0.1, 0.15) is 22.6 Å². The maximum Gasteiger partial charge on any atom is 0.303 e. The number of hydrogen-bond acceptors (Lipinski definition) is 6. The van der Waals surface area contributed by atoms with Crippen LogP contribution in [0.2, 0.25) is 5.02 Å². The molecule has 8 nitrogen and oxygen atoms in total. The summed E-state index contributed by atoms with van der Waals surface area (Å²) in [7, 11) is 1.93. The van der Waals surface area contributed by atoms with Gasteiger partial charge in [-0.1, -0.05) is 31.0 Å². The third kappa shape index (κ3) is 6.09. The Balaban J connectivity index is 1.60. The molecule has 4 rings (SSSR count). The first-order chi connectivity index (χ1) is 17.2. The second kappa shape index (κ2) is 11.5. The van der Waals surface area contributed by atoms with Gasteiger partial charge in [-0.15, -0.1) is 0 Å². The smallest absolute Gasteiger partial charge is 0.303 e. The van der Waals surface area contributed by atoms with Crippen molar-refractivity contribution in [3.8, 4) is 5.75 Å². The van der Waals surface area contributed by atoms with Crippen LogP contribution < -0.4 is 10.1 Å². The molecule has 0 unspecified atom stereocenters. The molecule has 194 valence electrons. The van der Waals surface area contributed by atoms with Gasteiger partial charge in [0.25, 0.3) is 0 Å². The van der Waals surface area contributed by atoms with E-state index in [0.29, 0.717) is 17.3 Å². The quantitative estimate of drug-likeness (QED) is 0.336. The number of aryl methyl sites for hydroxylation is 2. The monoisotopic (exact) mass is 513 g/mol. The average Bonchev–Trinajstić information content (AvgIpc) is 3.14. The van der Waals surface area contributed by atoms with Crippen molar-refractivity contribution in [3.05, 3.63) is 40.3 Å². The summed E-state index contributed by atoms with van der Waals surface area (Å²) in [6.07, 6.45) is 5.72. The molecular formula is C27H36ClN5O3. The molecule has 36 heavy (non-hydrogen) atoms. The lowest BCUT2D eigenvalue weighted by Crippen LogP contribution is -2.18. The molecule has 0 atom stereocenters. The Hall–Kier alpha value is -2.87. The number of carbonyl (C=O) groups is 1. The number of anilines is 1. The Morgan fingerprint density at radius 3 is 2.64 bits per heavy atom. The molecule has 0 amide bonds. The third-order valence-electron chi connectivity index (χ3n) is 6.75. The number of halogens is 1. The largest absolute Gasteiger partial charge is 0.489 e. The Morgan fingerprint density at radius 2 is 2.00 bits per heavy atom. The van der Waals surface area contributed by atoms with Crippen molar-refractivity contribution in [2.45, 2.75) is 84.3 Å². The van der Waals surface area contributed by atoms with Crippen LogP contribution in [0.4, 0.5) is 5.82 Å². The van der Waals surface area contributed by atoms with Crippen LogP contribution in [-0.2, 0) is 24.8 Å². The van der Waals surface area contributed by atoms with Crippen molar-refractivity contribution in [1.82, 2.24) is 19.7 Å². The first-order valence-electron chi connectivity index (χ1n) is 12.9. The average molecular weight is 514 g/mol. The van der Waals surface area contributed by atoms with E-state index in [-0.39, 0.29) is 24.4 Å². The Bertz CT molecular complexity index is 1220. The van der Waals surface area contributed by atoms with Crippen molar-refractivity contribution in [3.63, 3.8) is 0 Å². The summed E-state index contributed by atoms with van der Waals surface area (Å²) in [5.74, 6) is 2.00. The minimum absolute atomic E-state index is 0.0561. The SMILES string of the molecule is CCCc1nn(C)c2c(NCc3ccc(OC(C)C)c(Cl)c3)nc(C3CCC(CC(=O)O)CC3)nc12. The van der Waals surface area contributed by atoms with Crippen molar-refractivity contribution in [2.75, 3.05) is 5.32 Å². The Morgan fingerprint density at radius 1 is 1.25 bits per heavy atom. The summed E-state index contributed by atoms with van der Waals surface area (Å²) in [5, 5.41) is 18.0. The number of fused-ring (bicyclic) bond motifs is 1. The lowest BCUT2D eigenvalue weighted by molar-refractivity contribution is -0.138. The molecule has 9 heteroatoms. The van der Waals surface area contributed by atoms with Crippen LogP contribution in [-0.4, -0.2) is 36.9 Å². The molecule has 1 aliphatic rings. The van der Waals surface area contributed by atoms with Crippen LogP contribution in [0, 0.1) is 5.92 Å². The molecule has 0 saturated heterocycles. The van der Waals surface area contributed by atoms with Gasteiger partial charge in [-0.05, 0) is 69.6 Å². The van der Waals surface area contributed by atoms with Crippen LogP contribution in [0.15, 0.2) is 18.2 Å². The highest BCUT2D eigenvalue weighted by molar-refractivity contribution is 6.32. The number of nitrogens with one attached hydrogen (secondary N) is 1. The van der Waals surface area contributed by atoms with Gasteiger partial charge >= 0.3 is 5.97 Å². The summed E-state index contributed by atoms with van der Waals surface area (Å²) >= 11 is 6.45. The molecule has 0 bridgehead atoms. The zero-order valence-corrected chi connectivity index (χ0v) is 22.3. The van der Waals surface area contributed by atoms with Crippen LogP contribution in [0.1, 0.15) is 82.3 Å². The van der Waals surface area contributed by atoms with Crippen molar-refractivity contribution >= 4 is 34.4 Å². The van der Waals surface area contributed by atoms with E-state index in [9.17, 15) is 4.79 Å². The molecule has 0 radical (unpaired) electrons. The number of carboxylic acid groups (broad SMARTS) is 1. The topological polar surface area (TPSA) is 102 Å². The van der Waals surface area contributed by atoms with Crippen LogP contribution in [0.5, 0.6) is 5.75 Å². The zero-order valence-electron chi connectivity index (χ0n) is 21.6. The highest BCUT2D eigenvalue weighted by Crippen LogP contribution is 2.37. The fourth-order valence-electron chi connectivity index (χ4n) is 5.03. The van der Waals surface area contributed by atoms with Gasteiger partial charge in [-0.25, -0.2) is 9.97 Å². The predicted molar refractivity (Wildman–Crippen MR) is 142 cm³/mol. The maximum atomic E-state index is 11.1. The number of benzene rings is 1. The van der Waals surface area contributed by atoms with E-state index in [1.807, 2.05) is 43.8 Å². The molecule has 2 aromatic heterocycles. The standard InChI is InChI=1S/C27H36ClN5O3/c1-5-6-21-24-25(33(4)32-21)27(29-15-18-9-12-22(20(28)13-18)36-16(2)3)31-26(30-24)19-10-7-17(8-11-19)14-23(34)35/h9,12-13,16-17,19H,5-8,10-11,14-15H2,1-4H3,(H,34,35)(H,29,30,31). The molecule has 2 heterocycles. The molecule has 3 aromatic rings. The Labute approximate surface area is 217 Å². The fraction of sp³-hybridized carbons (Fsp3) is 0.556. The highest BCUT2D eigenvalue weighted by atomic mass is 35.5. The van der Waals surface area contributed by atoms with Crippen LogP contribution in [0.25, 0.3) is 11.0 Å². The van der Waals surface area contributed by atoms with Gasteiger partial charge < -0.3 is 15.2 Å². The number of aromatic nitrogens is 4. The van der Waals surface area contributed by atoms with Crippen LogP contribution in [0.3, 0.4) is 0 Å². The minimum atomic E-state index is -0.717. The Kier molecular flexibility index (Phi) is 8.34. The predicted octanol–water partition coefficient (Wildman–Crippen LogP) is 6.12. The summed E-state index contributed by atoms with van der Waals surface area (Å²) in [6, 6.07) is 5.83. The maximum absolute atomic E-state index is 11.1.